The first-order chi connectivity index (χ1) is 8.51. The normalized spacial score (nSPS) is 13.1. The van der Waals surface area contributed by atoms with E-state index in [1.54, 1.807) is 11.8 Å². The molecule has 104 valence electrons. The molecule has 0 spiro atoms. The Labute approximate surface area is 109 Å². The third-order valence-corrected chi connectivity index (χ3v) is 2.89. The molecule has 0 bridgehead atoms. The van der Waals surface area contributed by atoms with Gasteiger partial charge in [0.15, 0.2) is 0 Å². The van der Waals surface area contributed by atoms with Crippen molar-refractivity contribution in [2.75, 3.05) is 40.9 Å². The van der Waals surface area contributed by atoms with Crippen molar-refractivity contribution in [1.29, 1.82) is 0 Å². The number of aromatic nitrogens is 2. The molecule has 6 nitrogen and oxygen atoms in total. The molecule has 0 aliphatic heterocycles. The molecule has 18 heavy (non-hydrogen) atoms. The van der Waals surface area contributed by atoms with Crippen molar-refractivity contribution in [1.82, 2.24) is 20.0 Å². The summed E-state index contributed by atoms with van der Waals surface area (Å²) < 4.78 is 7.04. The van der Waals surface area contributed by atoms with Gasteiger partial charge in [-0.25, -0.2) is 4.68 Å². The van der Waals surface area contributed by atoms with Crippen molar-refractivity contribution < 1.29 is 9.84 Å². The number of rotatable bonds is 7. The van der Waals surface area contributed by atoms with E-state index in [0.717, 1.165) is 24.3 Å². The average Bonchev–Trinajstić information content (AvgIpc) is 2.59. The molecule has 1 atom stereocenters. The molecule has 1 aromatic rings. The highest BCUT2D eigenvalue weighted by Gasteiger charge is 2.22. The Balaban J connectivity index is 2.81. The van der Waals surface area contributed by atoms with Gasteiger partial charge in [-0.05, 0) is 21.0 Å². The highest BCUT2D eigenvalue weighted by atomic mass is 16.5. The fourth-order valence-electron chi connectivity index (χ4n) is 2.02. The highest BCUT2D eigenvalue weighted by molar-refractivity contribution is 5.34. The summed E-state index contributed by atoms with van der Waals surface area (Å²) in [5.41, 5.74) is 1.81. The molecule has 6 heteroatoms. The van der Waals surface area contributed by atoms with Crippen LogP contribution in [0, 0.1) is 6.92 Å². The molecule has 2 N–H and O–H groups in total. The smallest absolute Gasteiger partial charge is 0.216 e. The van der Waals surface area contributed by atoms with E-state index in [4.69, 9.17) is 4.74 Å². The molecule has 0 fully saturated rings. The maximum absolute atomic E-state index is 9.53. The average molecular weight is 256 g/mol. The molecule has 1 aromatic heterocycles. The van der Waals surface area contributed by atoms with Gasteiger partial charge in [-0.3, -0.25) is 0 Å². The predicted molar refractivity (Wildman–Crippen MR) is 70.9 cm³/mol. The molecule has 0 aromatic carbocycles. The van der Waals surface area contributed by atoms with E-state index >= 15 is 0 Å². The first-order valence-electron chi connectivity index (χ1n) is 6.07. The molecule has 0 aliphatic rings. The number of hydrogen-bond donors (Lipinski definition) is 2. The van der Waals surface area contributed by atoms with Gasteiger partial charge in [0.1, 0.15) is 0 Å². The summed E-state index contributed by atoms with van der Waals surface area (Å²) in [5.74, 6) is 0.698. The zero-order valence-corrected chi connectivity index (χ0v) is 11.9. The van der Waals surface area contributed by atoms with Gasteiger partial charge in [-0.15, -0.1) is 0 Å². The summed E-state index contributed by atoms with van der Waals surface area (Å²) in [7, 11) is 7.49. The van der Waals surface area contributed by atoms with Gasteiger partial charge in [-0.1, -0.05) is 0 Å². The Hall–Kier alpha value is -1.11. The Morgan fingerprint density at radius 3 is 2.67 bits per heavy atom. The third kappa shape index (κ3) is 3.44. The second-order valence-corrected chi connectivity index (χ2v) is 4.62. The molecule has 1 rings (SSSR count). The van der Waals surface area contributed by atoms with Gasteiger partial charge in [0.05, 0.1) is 31.0 Å². The van der Waals surface area contributed by atoms with E-state index in [0.29, 0.717) is 5.88 Å². The number of nitrogens with one attached hydrogen (secondary N) is 1. The van der Waals surface area contributed by atoms with Crippen LogP contribution in [0.4, 0.5) is 0 Å². The van der Waals surface area contributed by atoms with Crippen LogP contribution in [0.3, 0.4) is 0 Å². The number of aliphatic hydroxyl groups excluding tert-OH is 1. The summed E-state index contributed by atoms with van der Waals surface area (Å²) in [6.07, 6.45) is 0. The van der Waals surface area contributed by atoms with E-state index in [1.807, 2.05) is 28.1 Å². The summed E-state index contributed by atoms with van der Waals surface area (Å²) in [4.78, 5) is 2.09. The summed E-state index contributed by atoms with van der Waals surface area (Å²) in [5, 5.41) is 17.2. The predicted octanol–water partition coefficient (Wildman–Crippen LogP) is -0.0783. The second kappa shape index (κ2) is 6.72. The molecule has 0 radical (unpaired) electrons. The lowest BCUT2D eigenvalue weighted by Gasteiger charge is -2.19. The fraction of sp³-hybridized carbons (Fsp3) is 0.750. The lowest BCUT2D eigenvalue weighted by molar-refractivity contribution is 0.236. The number of aryl methyl sites for hydroxylation is 2. The number of aliphatic hydroxyl groups is 1. The Morgan fingerprint density at radius 2 is 2.17 bits per heavy atom. The third-order valence-electron chi connectivity index (χ3n) is 2.89. The van der Waals surface area contributed by atoms with Gasteiger partial charge in [-0.2, -0.15) is 5.10 Å². The van der Waals surface area contributed by atoms with Crippen molar-refractivity contribution in [3.05, 3.63) is 11.3 Å². The fourth-order valence-corrected chi connectivity index (χ4v) is 2.02. The van der Waals surface area contributed by atoms with Gasteiger partial charge in [0.2, 0.25) is 5.88 Å². The zero-order chi connectivity index (χ0) is 13.7. The maximum atomic E-state index is 9.53. The van der Waals surface area contributed by atoms with Crippen molar-refractivity contribution in [2.45, 2.75) is 13.0 Å². The number of methoxy groups -OCH3 is 1. The number of nitrogens with zero attached hydrogens (tertiary/aromatic N) is 3. The van der Waals surface area contributed by atoms with Gasteiger partial charge < -0.3 is 20.1 Å². The van der Waals surface area contributed by atoms with Crippen LogP contribution in [0.5, 0.6) is 5.88 Å². The zero-order valence-electron chi connectivity index (χ0n) is 11.9. The molecule has 0 saturated heterocycles. The van der Waals surface area contributed by atoms with E-state index in [2.05, 4.69) is 15.3 Å². The summed E-state index contributed by atoms with van der Waals surface area (Å²) >= 11 is 0. The van der Waals surface area contributed by atoms with Crippen molar-refractivity contribution in [2.24, 2.45) is 7.05 Å². The molecular weight excluding hydrogens is 232 g/mol. The van der Waals surface area contributed by atoms with Crippen molar-refractivity contribution in [3.8, 4) is 5.88 Å². The Bertz CT molecular complexity index is 376. The van der Waals surface area contributed by atoms with E-state index in [1.165, 1.54) is 0 Å². The largest absolute Gasteiger partial charge is 0.481 e. The SMILES string of the molecule is COc1c(C(CO)NCCN(C)C)c(C)nn1C. The molecule has 1 unspecified atom stereocenters. The summed E-state index contributed by atoms with van der Waals surface area (Å²) in [6, 6.07) is -0.145. The Kier molecular flexibility index (Phi) is 5.58. The van der Waals surface area contributed by atoms with Crippen LogP contribution in [-0.2, 0) is 7.05 Å². The van der Waals surface area contributed by atoms with Crippen LogP contribution in [0.25, 0.3) is 0 Å². The van der Waals surface area contributed by atoms with Crippen LogP contribution in [0.15, 0.2) is 0 Å². The summed E-state index contributed by atoms with van der Waals surface area (Å²) in [6.45, 7) is 3.66. The number of hydrogen-bond acceptors (Lipinski definition) is 5. The lowest BCUT2D eigenvalue weighted by atomic mass is 10.1. The first-order valence-corrected chi connectivity index (χ1v) is 6.07. The number of likely N-dealkylation sites (N-methyl/N-ethyl adjacent to an activating group) is 1. The van der Waals surface area contributed by atoms with Crippen LogP contribution < -0.4 is 10.1 Å². The van der Waals surface area contributed by atoms with Gasteiger partial charge >= 0.3 is 0 Å². The quantitative estimate of drug-likeness (QED) is 0.714. The topological polar surface area (TPSA) is 62.6 Å². The van der Waals surface area contributed by atoms with Gasteiger partial charge in [0, 0.05) is 20.1 Å². The minimum atomic E-state index is -0.145. The van der Waals surface area contributed by atoms with Crippen LogP contribution in [-0.4, -0.2) is 60.7 Å². The standard InChI is InChI=1S/C12H24N4O2/c1-9-11(12(18-5)16(4)14-9)10(8-17)13-6-7-15(2)3/h10,13,17H,6-8H2,1-5H3. The maximum Gasteiger partial charge on any atom is 0.216 e. The van der Waals surface area contributed by atoms with E-state index in [-0.39, 0.29) is 12.6 Å². The minimum absolute atomic E-state index is 0.0241. The second-order valence-electron chi connectivity index (χ2n) is 4.62. The van der Waals surface area contributed by atoms with Crippen LogP contribution in [0.1, 0.15) is 17.3 Å². The number of ether oxygens (including phenoxy) is 1. The molecule has 0 saturated carbocycles. The Morgan fingerprint density at radius 1 is 1.50 bits per heavy atom. The minimum Gasteiger partial charge on any atom is -0.481 e. The molecule has 0 aliphatic carbocycles. The van der Waals surface area contributed by atoms with Gasteiger partial charge in [0.25, 0.3) is 0 Å². The van der Waals surface area contributed by atoms with Crippen molar-refractivity contribution in [3.63, 3.8) is 0 Å². The van der Waals surface area contributed by atoms with Crippen LogP contribution in [0.2, 0.25) is 0 Å². The van der Waals surface area contributed by atoms with E-state index < -0.39 is 0 Å². The van der Waals surface area contributed by atoms with Crippen molar-refractivity contribution >= 4 is 0 Å². The molecular formula is C12H24N4O2. The molecule has 0 amide bonds. The first kappa shape index (κ1) is 14.9. The lowest BCUT2D eigenvalue weighted by Crippen LogP contribution is -2.32. The monoisotopic (exact) mass is 256 g/mol. The highest BCUT2D eigenvalue weighted by Crippen LogP contribution is 2.27. The molecule has 1 heterocycles. The van der Waals surface area contributed by atoms with E-state index in [9.17, 15) is 5.11 Å². The van der Waals surface area contributed by atoms with Crippen LogP contribution >= 0.6 is 0 Å².